The number of nitrogens with zero attached hydrogens (tertiary/aromatic N) is 3. The molecule has 0 radical (unpaired) electrons. The second-order valence-corrected chi connectivity index (χ2v) is 11.2. The predicted octanol–water partition coefficient (Wildman–Crippen LogP) is 3.86. The number of aliphatic hydroxyl groups is 1. The van der Waals surface area contributed by atoms with E-state index in [0.29, 0.717) is 62.2 Å². The van der Waals surface area contributed by atoms with Crippen molar-refractivity contribution >= 4 is 47.0 Å². The van der Waals surface area contributed by atoms with Crippen molar-refractivity contribution in [1.29, 1.82) is 0 Å². The lowest BCUT2D eigenvalue weighted by Crippen LogP contribution is -2.53. The van der Waals surface area contributed by atoms with Gasteiger partial charge in [-0.1, -0.05) is 50.0 Å². The number of benzene rings is 1. The van der Waals surface area contributed by atoms with E-state index in [1.54, 1.807) is 39.0 Å². The number of carbonyl (C=O) groups excluding carboxylic acids is 3. The number of carbonyl (C=O) groups is 3. The number of amides is 3. The third-order valence-electron chi connectivity index (χ3n) is 7.20. The van der Waals surface area contributed by atoms with E-state index in [1.807, 2.05) is 20.8 Å². The highest BCUT2D eigenvalue weighted by Gasteiger charge is 2.43. The third-order valence-corrected chi connectivity index (χ3v) is 7.94. The van der Waals surface area contributed by atoms with Gasteiger partial charge in [0.25, 0.3) is 0 Å². The normalized spacial score (nSPS) is 19.3. The van der Waals surface area contributed by atoms with E-state index in [9.17, 15) is 19.5 Å². The molecule has 2 fully saturated rings. The van der Waals surface area contributed by atoms with Gasteiger partial charge in [0.05, 0.1) is 15.6 Å². The molecular weight excluding hydrogens is 489 g/mol. The van der Waals surface area contributed by atoms with Crippen LogP contribution in [0.2, 0.25) is 10.0 Å². The van der Waals surface area contributed by atoms with E-state index >= 15 is 0 Å². The summed E-state index contributed by atoms with van der Waals surface area (Å²) in [5.74, 6) is -0.237. The van der Waals surface area contributed by atoms with Crippen molar-refractivity contribution in [2.45, 2.75) is 52.1 Å². The van der Waals surface area contributed by atoms with Gasteiger partial charge < -0.3 is 19.8 Å². The molecule has 2 saturated heterocycles. The van der Waals surface area contributed by atoms with Gasteiger partial charge in [-0.3, -0.25) is 14.4 Å². The molecule has 2 aliphatic heterocycles. The van der Waals surface area contributed by atoms with Gasteiger partial charge in [-0.25, -0.2) is 0 Å². The Bertz CT molecular complexity index is 981. The van der Waals surface area contributed by atoms with E-state index in [4.69, 9.17) is 23.2 Å². The average molecular weight is 524 g/mol. The van der Waals surface area contributed by atoms with Crippen LogP contribution >= 0.6 is 23.2 Å². The lowest BCUT2D eigenvalue weighted by Gasteiger charge is -2.46. The molecule has 2 heterocycles. The zero-order valence-electron chi connectivity index (χ0n) is 20.7. The molecule has 192 valence electrons. The summed E-state index contributed by atoms with van der Waals surface area (Å²) in [6.07, 6.45) is 4.72. The molecule has 0 bridgehead atoms. The predicted molar refractivity (Wildman–Crippen MR) is 138 cm³/mol. The summed E-state index contributed by atoms with van der Waals surface area (Å²) in [7, 11) is 0. The summed E-state index contributed by atoms with van der Waals surface area (Å²) in [5.41, 5.74) is -0.243. The summed E-state index contributed by atoms with van der Waals surface area (Å²) >= 11 is 11.9. The van der Waals surface area contributed by atoms with Gasteiger partial charge in [-0.15, -0.1) is 0 Å². The van der Waals surface area contributed by atoms with E-state index in [1.165, 1.54) is 6.08 Å². The van der Waals surface area contributed by atoms with E-state index in [2.05, 4.69) is 0 Å². The third kappa shape index (κ3) is 6.99. The molecule has 35 heavy (non-hydrogen) atoms. The van der Waals surface area contributed by atoms with Gasteiger partial charge in [-0.2, -0.15) is 0 Å². The zero-order valence-corrected chi connectivity index (χ0v) is 22.2. The Morgan fingerprint density at radius 3 is 2.34 bits per heavy atom. The number of piperidine rings is 1. The SMILES string of the molecule is CC(C)(C)C1(O)CCN(C(=O)CCN2CCN(C(=O)/C=C/c3ccc(Cl)c(Cl)c3)CCC2=O)CC1. The van der Waals surface area contributed by atoms with Gasteiger partial charge in [-0.05, 0) is 42.0 Å². The quantitative estimate of drug-likeness (QED) is 0.594. The van der Waals surface area contributed by atoms with Crippen molar-refractivity contribution in [2.24, 2.45) is 5.41 Å². The highest BCUT2D eigenvalue weighted by molar-refractivity contribution is 6.42. The Kier molecular flexibility index (Phi) is 8.89. The Balaban J connectivity index is 1.48. The molecule has 3 rings (SSSR count). The Labute approximate surface area is 217 Å². The maximum absolute atomic E-state index is 12.7. The minimum atomic E-state index is -0.769. The maximum atomic E-state index is 12.7. The molecule has 0 saturated carbocycles. The Morgan fingerprint density at radius 1 is 1.03 bits per heavy atom. The fourth-order valence-electron chi connectivity index (χ4n) is 4.48. The van der Waals surface area contributed by atoms with E-state index in [0.717, 1.165) is 5.56 Å². The summed E-state index contributed by atoms with van der Waals surface area (Å²) < 4.78 is 0. The molecule has 1 aromatic rings. The van der Waals surface area contributed by atoms with Crippen LogP contribution in [0.5, 0.6) is 0 Å². The first-order valence-corrected chi connectivity index (χ1v) is 12.9. The van der Waals surface area contributed by atoms with Crippen LogP contribution in [0.4, 0.5) is 0 Å². The largest absolute Gasteiger partial charge is 0.389 e. The first-order chi connectivity index (χ1) is 16.4. The fourth-order valence-corrected chi connectivity index (χ4v) is 4.78. The van der Waals surface area contributed by atoms with Gasteiger partial charge in [0, 0.05) is 58.2 Å². The van der Waals surface area contributed by atoms with Crippen molar-refractivity contribution in [3.8, 4) is 0 Å². The van der Waals surface area contributed by atoms with Crippen LogP contribution in [0.3, 0.4) is 0 Å². The highest BCUT2D eigenvalue weighted by atomic mass is 35.5. The molecule has 0 aromatic heterocycles. The summed E-state index contributed by atoms with van der Waals surface area (Å²) in [4.78, 5) is 43.1. The topological polar surface area (TPSA) is 81.2 Å². The first-order valence-electron chi connectivity index (χ1n) is 12.1. The van der Waals surface area contributed by atoms with Crippen molar-refractivity contribution in [3.63, 3.8) is 0 Å². The molecule has 1 N–H and O–H groups in total. The minimum absolute atomic E-state index is 0.00417. The van der Waals surface area contributed by atoms with E-state index in [-0.39, 0.29) is 36.0 Å². The molecule has 2 aliphatic rings. The maximum Gasteiger partial charge on any atom is 0.246 e. The van der Waals surface area contributed by atoms with Gasteiger partial charge in [0.2, 0.25) is 17.7 Å². The van der Waals surface area contributed by atoms with Crippen LogP contribution in [0, 0.1) is 5.41 Å². The van der Waals surface area contributed by atoms with Gasteiger partial charge in [0.1, 0.15) is 0 Å². The van der Waals surface area contributed by atoms with Crippen LogP contribution in [0.25, 0.3) is 6.08 Å². The van der Waals surface area contributed by atoms with E-state index < -0.39 is 5.60 Å². The van der Waals surface area contributed by atoms with Gasteiger partial charge >= 0.3 is 0 Å². The molecule has 0 atom stereocenters. The molecule has 9 heteroatoms. The van der Waals surface area contributed by atoms with Crippen molar-refractivity contribution < 1.29 is 19.5 Å². The number of halogens is 2. The number of hydrogen-bond donors (Lipinski definition) is 1. The highest BCUT2D eigenvalue weighted by Crippen LogP contribution is 2.38. The second kappa shape index (κ2) is 11.3. The number of likely N-dealkylation sites (tertiary alicyclic amines) is 1. The molecule has 0 unspecified atom stereocenters. The number of hydrogen-bond acceptors (Lipinski definition) is 4. The van der Waals surface area contributed by atoms with Gasteiger partial charge in [0.15, 0.2) is 0 Å². The lowest BCUT2D eigenvalue weighted by atomic mass is 9.71. The Morgan fingerprint density at radius 2 is 1.71 bits per heavy atom. The second-order valence-electron chi connectivity index (χ2n) is 10.4. The zero-order chi connectivity index (χ0) is 25.8. The summed E-state index contributed by atoms with van der Waals surface area (Å²) in [6.45, 7) is 8.58. The standard InChI is InChI=1S/C26H35Cl2N3O4/c1-25(2,3)26(35)10-14-31(15-11-26)24(34)9-13-30-17-16-29(12-8-23(30)33)22(32)7-5-19-4-6-20(27)21(28)18-19/h4-7,18,35H,8-17H2,1-3H3/b7-5+. The van der Waals surface area contributed by atoms with Crippen LogP contribution in [-0.2, 0) is 14.4 Å². The summed E-state index contributed by atoms with van der Waals surface area (Å²) in [5, 5.41) is 11.7. The number of rotatable bonds is 5. The van der Waals surface area contributed by atoms with Crippen LogP contribution in [0.15, 0.2) is 24.3 Å². The van der Waals surface area contributed by atoms with Crippen molar-refractivity contribution in [1.82, 2.24) is 14.7 Å². The molecular formula is C26H35Cl2N3O4. The summed E-state index contributed by atoms with van der Waals surface area (Å²) in [6, 6.07) is 5.13. The fraction of sp³-hybridized carbons (Fsp3) is 0.577. The van der Waals surface area contributed by atoms with Crippen LogP contribution in [0.1, 0.15) is 52.0 Å². The Hall–Kier alpha value is -2.09. The smallest absolute Gasteiger partial charge is 0.246 e. The lowest BCUT2D eigenvalue weighted by molar-refractivity contribution is -0.142. The van der Waals surface area contributed by atoms with Crippen molar-refractivity contribution in [3.05, 3.63) is 39.9 Å². The monoisotopic (exact) mass is 523 g/mol. The minimum Gasteiger partial charge on any atom is -0.389 e. The average Bonchev–Trinajstić information content (AvgIpc) is 2.99. The molecule has 1 aromatic carbocycles. The first kappa shape index (κ1) is 27.5. The molecule has 3 amide bonds. The van der Waals surface area contributed by atoms with Crippen LogP contribution < -0.4 is 0 Å². The molecule has 7 nitrogen and oxygen atoms in total. The molecule has 0 aliphatic carbocycles. The van der Waals surface area contributed by atoms with Crippen molar-refractivity contribution in [2.75, 3.05) is 39.3 Å². The molecule has 0 spiro atoms. The van der Waals surface area contributed by atoms with Crippen LogP contribution in [-0.4, -0.2) is 82.4 Å².